The van der Waals surface area contributed by atoms with Gasteiger partial charge < -0.3 is 25.3 Å². The van der Waals surface area contributed by atoms with E-state index in [1.54, 1.807) is 0 Å². The predicted octanol–water partition coefficient (Wildman–Crippen LogP) is 3.05. The van der Waals surface area contributed by atoms with Crippen LogP contribution in [0.4, 0.5) is 0 Å². The molecule has 0 saturated heterocycles. The lowest BCUT2D eigenvalue weighted by molar-refractivity contribution is -0.159. The molecule has 2 aromatic carbocycles. The molecule has 0 saturated carbocycles. The fourth-order valence-electron chi connectivity index (χ4n) is 2.55. The van der Waals surface area contributed by atoms with Gasteiger partial charge in [0.05, 0.1) is 0 Å². The molecule has 3 rings (SSSR count). The third kappa shape index (κ3) is 5.86. The lowest BCUT2D eigenvalue weighted by Gasteiger charge is -2.20. The van der Waals surface area contributed by atoms with Gasteiger partial charge in [0.15, 0.2) is 0 Å². The van der Waals surface area contributed by atoms with Crippen molar-refractivity contribution in [1.82, 2.24) is 10.3 Å². The fraction of sp³-hybridized carbons (Fsp3) is 0.200. The molecule has 0 bridgehead atoms. The number of carbonyl (C=O) groups is 2. The summed E-state index contributed by atoms with van der Waals surface area (Å²) in [6, 6.07) is 18.6. The highest BCUT2D eigenvalue weighted by Crippen LogP contribution is 2.30. The molecule has 0 fully saturated rings. The maximum absolute atomic E-state index is 9.10. The van der Waals surface area contributed by atoms with Crippen molar-refractivity contribution in [1.29, 1.82) is 0 Å². The molecular weight excluding hydrogens is 348 g/mol. The van der Waals surface area contributed by atoms with Gasteiger partial charge in [-0.15, -0.1) is 0 Å². The predicted molar refractivity (Wildman–Crippen MR) is 102 cm³/mol. The molecule has 1 atom stereocenters. The van der Waals surface area contributed by atoms with Gasteiger partial charge in [-0.25, -0.2) is 9.59 Å². The lowest BCUT2D eigenvalue weighted by atomic mass is 10.1. The highest BCUT2D eigenvalue weighted by molar-refractivity contribution is 6.27. The Kier molecular flexibility index (Phi) is 7.39. The van der Waals surface area contributed by atoms with Gasteiger partial charge in [0.25, 0.3) is 0 Å². The number of hydrogen-bond acceptors (Lipinski definition) is 4. The van der Waals surface area contributed by atoms with Gasteiger partial charge in [0, 0.05) is 23.5 Å². The zero-order chi connectivity index (χ0) is 19.6. The number of rotatable bonds is 6. The smallest absolute Gasteiger partial charge is 0.414 e. The average molecular weight is 370 g/mol. The molecule has 3 aromatic rings. The zero-order valence-corrected chi connectivity index (χ0v) is 14.9. The minimum atomic E-state index is -1.82. The Morgan fingerprint density at radius 3 is 2.37 bits per heavy atom. The highest BCUT2D eigenvalue weighted by atomic mass is 16.5. The number of fused-ring (bicyclic) bond motifs is 1. The summed E-state index contributed by atoms with van der Waals surface area (Å²) in [5, 5.41) is 19.1. The number of nitrogens with one attached hydrogen (secondary N) is 2. The summed E-state index contributed by atoms with van der Waals surface area (Å²) in [6.45, 7) is 0.919. The van der Waals surface area contributed by atoms with Crippen LogP contribution in [0.1, 0.15) is 18.1 Å². The van der Waals surface area contributed by atoms with E-state index in [1.165, 1.54) is 5.56 Å². The molecule has 142 valence electrons. The van der Waals surface area contributed by atoms with E-state index >= 15 is 0 Å². The fourth-order valence-corrected chi connectivity index (χ4v) is 2.55. The Labute approximate surface area is 156 Å². The van der Waals surface area contributed by atoms with Crippen LogP contribution in [0.15, 0.2) is 60.8 Å². The maximum atomic E-state index is 9.10. The molecule has 7 nitrogen and oxygen atoms in total. The minimum absolute atomic E-state index is 0.0548. The average Bonchev–Trinajstić information content (AvgIpc) is 3.16. The van der Waals surface area contributed by atoms with Gasteiger partial charge >= 0.3 is 11.9 Å². The van der Waals surface area contributed by atoms with Crippen molar-refractivity contribution in [2.45, 2.75) is 12.5 Å². The molecular formula is C20H22N2O5. The van der Waals surface area contributed by atoms with Crippen molar-refractivity contribution in [3.8, 4) is 5.75 Å². The number of carboxylic acid groups (broad SMARTS) is 2. The van der Waals surface area contributed by atoms with E-state index in [-0.39, 0.29) is 6.10 Å². The molecule has 0 aliphatic rings. The number of ether oxygens (including phenoxy) is 1. The van der Waals surface area contributed by atoms with Crippen LogP contribution in [-0.2, 0) is 9.59 Å². The summed E-state index contributed by atoms with van der Waals surface area (Å²) in [5.41, 5.74) is 2.31. The third-order valence-electron chi connectivity index (χ3n) is 3.84. The Morgan fingerprint density at radius 2 is 1.74 bits per heavy atom. The molecule has 4 N–H and O–H groups in total. The zero-order valence-electron chi connectivity index (χ0n) is 14.9. The van der Waals surface area contributed by atoms with E-state index in [0.717, 1.165) is 29.6 Å². The van der Waals surface area contributed by atoms with E-state index in [9.17, 15) is 0 Å². The second-order valence-corrected chi connectivity index (χ2v) is 5.71. The number of aliphatic carboxylic acids is 2. The molecule has 0 radical (unpaired) electrons. The van der Waals surface area contributed by atoms with Crippen molar-refractivity contribution in [3.63, 3.8) is 0 Å². The number of carboxylic acids is 2. The summed E-state index contributed by atoms with van der Waals surface area (Å²) in [6.07, 6.45) is 2.93. The van der Waals surface area contributed by atoms with E-state index < -0.39 is 11.9 Å². The van der Waals surface area contributed by atoms with E-state index in [1.807, 2.05) is 31.4 Å². The molecule has 27 heavy (non-hydrogen) atoms. The van der Waals surface area contributed by atoms with Crippen LogP contribution in [0.2, 0.25) is 0 Å². The Morgan fingerprint density at radius 1 is 1.04 bits per heavy atom. The van der Waals surface area contributed by atoms with Crippen LogP contribution in [0.3, 0.4) is 0 Å². The second-order valence-electron chi connectivity index (χ2n) is 5.71. The minimum Gasteiger partial charge on any atom is -0.485 e. The van der Waals surface area contributed by atoms with Crippen molar-refractivity contribution < 1.29 is 24.5 Å². The monoisotopic (exact) mass is 370 g/mol. The number of aromatic nitrogens is 1. The molecule has 0 spiro atoms. The molecule has 1 heterocycles. The normalized spacial score (nSPS) is 11.3. The molecule has 7 heteroatoms. The van der Waals surface area contributed by atoms with Crippen LogP contribution >= 0.6 is 0 Å². The first kappa shape index (κ1) is 20.0. The molecule has 0 amide bonds. The third-order valence-corrected chi connectivity index (χ3v) is 3.84. The first-order valence-electron chi connectivity index (χ1n) is 8.41. The standard InChI is InChI=1S/C18H20N2O.C2H2O4/c1-19-12-11-17(14-6-3-2-4-7-14)21-18-9-5-8-16-15(18)10-13-20-16;3-1(4)2(5)6/h2-10,13,17,19-20H,11-12H2,1H3;(H,3,4)(H,5,6)/t17-;/m1./s1. The summed E-state index contributed by atoms with van der Waals surface area (Å²) in [7, 11) is 1.97. The lowest BCUT2D eigenvalue weighted by Crippen LogP contribution is -2.16. The molecule has 0 aliphatic carbocycles. The molecule has 0 unspecified atom stereocenters. The van der Waals surface area contributed by atoms with Gasteiger partial charge in [-0.2, -0.15) is 0 Å². The van der Waals surface area contributed by atoms with Gasteiger partial charge in [-0.1, -0.05) is 36.4 Å². The van der Waals surface area contributed by atoms with Gasteiger partial charge in [-0.3, -0.25) is 0 Å². The van der Waals surface area contributed by atoms with E-state index in [4.69, 9.17) is 24.5 Å². The first-order valence-corrected chi connectivity index (χ1v) is 8.41. The van der Waals surface area contributed by atoms with Crippen molar-refractivity contribution >= 4 is 22.8 Å². The largest absolute Gasteiger partial charge is 0.485 e. The Bertz CT molecular complexity index is 864. The number of hydrogen-bond donors (Lipinski definition) is 4. The van der Waals surface area contributed by atoms with Crippen LogP contribution in [0.25, 0.3) is 10.9 Å². The number of benzene rings is 2. The summed E-state index contributed by atoms with van der Waals surface area (Å²) >= 11 is 0. The first-order chi connectivity index (χ1) is 13.0. The maximum Gasteiger partial charge on any atom is 0.414 e. The summed E-state index contributed by atoms with van der Waals surface area (Å²) < 4.78 is 6.31. The number of aromatic amines is 1. The van der Waals surface area contributed by atoms with E-state index in [2.05, 4.69) is 46.7 Å². The Hall–Kier alpha value is -3.32. The quantitative estimate of drug-likeness (QED) is 0.496. The van der Waals surface area contributed by atoms with Crippen LogP contribution in [0, 0.1) is 0 Å². The molecule has 0 aliphatic heterocycles. The van der Waals surface area contributed by atoms with Crippen molar-refractivity contribution in [2.24, 2.45) is 0 Å². The molecule has 1 aromatic heterocycles. The highest BCUT2D eigenvalue weighted by Gasteiger charge is 2.14. The SMILES string of the molecule is CNCC[C@@H](Oc1cccc2[nH]ccc12)c1ccccc1.O=C(O)C(=O)O. The van der Waals surface area contributed by atoms with Crippen LogP contribution in [-0.4, -0.2) is 40.7 Å². The van der Waals surface area contributed by atoms with Crippen LogP contribution < -0.4 is 10.1 Å². The second kappa shape index (κ2) is 9.98. The van der Waals surface area contributed by atoms with Crippen LogP contribution in [0.5, 0.6) is 5.75 Å². The van der Waals surface area contributed by atoms with Crippen molar-refractivity contribution in [2.75, 3.05) is 13.6 Å². The topological polar surface area (TPSA) is 112 Å². The van der Waals surface area contributed by atoms with Gasteiger partial charge in [0.2, 0.25) is 0 Å². The van der Waals surface area contributed by atoms with Crippen molar-refractivity contribution in [3.05, 3.63) is 66.4 Å². The van der Waals surface area contributed by atoms with E-state index in [0.29, 0.717) is 0 Å². The van der Waals surface area contributed by atoms with Gasteiger partial charge in [0.1, 0.15) is 11.9 Å². The van der Waals surface area contributed by atoms with Gasteiger partial charge in [-0.05, 0) is 37.4 Å². The Balaban J connectivity index is 0.000000380. The summed E-state index contributed by atoms with van der Waals surface area (Å²) in [4.78, 5) is 21.4. The summed E-state index contributed by atoms with van der Waals surface area (Å²) in [5.74, 6) is -2.72. The number of H-pyrrole nitrogens is 1.